The van der Waals surface area contributed by atoms with E-state index in [0.717, 1.165) is 17.5 Å². The Morgan fingerprint density at radius 2 is 1.74 bits per heavy atom. The number of hydrogen-bond donors (Lipinski definition) is 0. The molecule has 0 N–H and O–H groups in total. The first-order valence-electron chi connectivity index (χ1n) is 11.0. The molecule has 190 valence electrons. The molecular weight excluding hydrogens is 522 g/mol. The van der Waals surface area contributed by atoms with Crippen molar-refractivity contribution < 1.29 is 35.1 Å². The number of ether oxygens (including phenoxy) is 2. The van der Waals surface area contributed by atoms with E-state index in [1.807, 2.05) is 0 Å². The van der Waals surface area contributed by atoms with Crippen LogP contribution >= 0.6 is 11.6 Å². The second-order valence-corrected chi connectivity index (χ2v) is 13.6. The van der Waals surface area contributed by atoms with E-state index in [-0.39, 0.29) is 42.3 Å². The lowest BCUT2D eigenvalue weighted by Crippen LogP contribution is -2.57. The minimum Gasteiger partial charge on any atom is -0.490 e. The number of rotatable bonds is 6. The van der Waals surface area contributed by atoms with Crippen LogP contribution in [0.25, 0.3) is 0 Å². The van der Waals surface area contributed by atoms with Gasteiger partial charge in [-0.25, -0.2) is 25.6 Å². The van der Waals surface area contributed by atoms with Gasteiger partial charge in [-0.3, -0.25) is 0 Å². The highest BCUT2D eigenvalue weighted by Gasteiger charge is 2.61. The summed E-state index contributed by atoms with van der Waals surface area (Å²) in [5.41, 5.74) is 0.214. The standard InChI is InChI=1S/C24H25ClF2O6S2/c1-15(2)14-34(28,29)12-9-21-18-13-33-23-20(27)8-7-19(26)22(23)24(18,10-11-32-21)35(30,31)17-5-3-16(25)4-6-17/h3-8,14,18,21H,9-13H2,1-2H3/t18-,21-,24-/m0/s1. The third kappa shape index (κ3) is 4.61. The van der Waals surface area contributed by atoms with E-state index in [1.54, 1.807) is 13.8 Å². The van der Waals surface area contributed by atoms with Crippen molar-refractivity contribution in [2.24, 2.45) is 5.92 Å². The SMILES string of the molecule is CC(C)=CS(=O)(=O)CC[C@@H]1OCC[C@@]2(S(=O)(=O)c3ccc(Cl)cc3)c3c(F)ccc(F)c3OC[C@@H]12. The van der Waals surface area contributed by atoms with Gasteiger partial charge in [0, 0.05) is 23.0 Å². The molecule has 2 aliphatic heterocycles. The number of halogens is 3. The zero-order valence-corrected chi connectivity index (χ0v) is 21.5. The summed E-state index contributed by atoms with van der Waals surface area (Å²) in [6.07, 6.45) is -1.08. The summed E-state index contributed by atoms with van der Waals surface area (Å²) in [6, 6.07) is 7.22. The molecule has 0 aliphatic carbocycles. The number of fused-ring (bicyclic) bond motifs is 3. The normalized spacial score (nSPS) is 24.1. The Morgan fingerprint density at radius 1 is 1.09 bits per heavy atom. The smallest absolute Gasteiger partial charge is 0.189 e. The molecule has 0 bridgehead atoms. The van der Waals surface area contributed by atoms with Gasteiger partial charge in [-0.1, -0.05) is 17.2 Å². The molecule has 4 rings (SSSR count). The fraction of sp³-hybridized carbons (Fsp3) is 0.417. The predicted octanol–water partition coefficient (Wildman–Crippen LogP) is 4.81. The van der Waals surface area contributed by atoms with Crippen molar-refractivity contribution in [3.63, 3.8) is 0 Å². The van der Waals surface area contributed by atoms with E-state index in [2.05, 4.69) is 0 Å². The van der Waals surface area contributed by atoms with E-state index < -0.39 is 53.8 Å². The second kappa shape index (κ2) is 9.46. The Balaban J connectivity index is 1.88. The Kier molecular flexibility index (Phi) is 7.04. The first kappa shape index (κ1) is 26.1. The van der Waals surface area contributed by atoms with E-state index >= 15 is 4.39 Å². The zero-order valence-electron chi connectivity index (χ0n) is 19.1. The molecule has 3 atom stereocenters. The average molecular weight is 547 g/mol. The van der Waals surface area contributed by atoms with Crippen LogP contribution < -0.4 is 4.74 Å². The van der Waals surface area contributed by atoms with Gasteiger partial charge in [0.15, 0.2) is 31.2 Å². The highest BCUT2D eigenvalue weighted by molar-refractivity contribution is 7.94. The van der Waals surface area contributed by atoms with Gasteiger partial charge in [-0.15, -0.1) is 0 Å². The summed E-state index contributed by atoms with van der Waals surface area (Å²) < 4.78 is 92.9. The number of hydrogen-bond acceptors (Lipinski definition) is 6. The Bertz CT molecular complexity index is 1370. The lowest BCUT2D eigenvalue weighted by Gasteiger charge is -2.50. The maximum atomic E-state index is 15.3. The molecule has 2 aromatic rings. The number of sulfone groups is 2. The Hall–Kier alpha value is -2.01. The summed E-state index contributed by atoms with van der Waals surface area (Å²) in [4.78, 5) is -0.110. The quantitative estimate of drug-likeness (QED) is 0.516. The fourth-order valence-electron chi connectivity index (χ4n) is 5.03. The summed E-state index contributed by atoms with van der Waals surface area (Å²) in [6.45, 7) is 2.93. The predicted molar refractivity (Wildman–Crippen MR) is 128 cm³/mol. The van der Waals surface area contributed by atoms with E-state index in [0.29, 0.717) is 10.6 Å². The topological polar surface area (TPSA) is 86.7 Å². The third-order valence-corrected chi connectivity index (χ3v) is 10.9. The molecule has 0 spiro atoms. The lowest BCUT2D eigenvalue weighted by molar-refractivity contribution is -0.0732. The van der Waals surface area contributed by atoms with E-state index in [9.17, 15) is 21.2 Å². The highest BCUT2D eigenvalue weighted by atomic mass is 35.5. The first-order chi connectivity index (χ1) is 16.4. The van der Waals surface area contributed by atoms with Crippen molar-refractivity contribution in [3.05, 3.63) is 69.6 Å². The van der Waals surface area contributed by atoms with Gasteiger partial charge < -0.3 is 9.47 Å². The zero-order chi connectivity index (χ0) is 25.6. The molecule has 11 heteroatoms. The van der Waals surface area contributed by atoms with Gasteiger partial charge >= 0.3 is 0 Å². The van der Waals surface area contributed by atoms with Crippen molar-refractivity contribution in [1.82, 2.24) is 0 Å². The van der Waals surface area contributed by atoms with Crippen LogP contribution in [0.1, 0.15) is 32.3 Å². The van der Waals surface area contributed by atoms with Gasteiger partial charge in [0.05, 0.1) is 28.9 Å². The van der Waals surface area contributed by atoms with Crippen LogP contribution in [-0.4, -0.2) is 41.9 Å². The fourth-order valence-corrected chi connectivity index (χ4v) is 8.90. The van der Waals surface area contributed by atoms with Crippen molar-refractivity contribution in [2.75, 3.05) is 19.0 Å². The molecule has 0 radical (unpaired) electrons. The molecule has 0 saturated carbocycles. The molecule has 0 unspecified atom stereocenters. The lowest BCUT2D eigenvalue weighted by atomic mass is 9.75. The monoisotopic (exact) mass is 546 g/mol. The van der Waals surface area contributed by atoms with Gasteiger partial charge in [0.1, 0.15) is 10.6 Å². The second-order valence-electron chi connectivity index (χ2n) is 9.01. The molecule has 0 amide bonds. The highest BCUT2D eigenvalue weighted by Crippen LogP contribution is 2.55. The maximum absolute atomic E-state index is 15.3. The van der Waals surface area contributed by atoms with Gasteiger partial charge in [0.2, 0.25) is 0 Å². The molecule has 6 nitrogen and oxygen atoms in total. The van der Waals surface area contributed by atoms with Crippen LogP contribution in [0.15, 0.2) is 52.3 Å². The third-order valence-electron chi connectivity index (χ3n) is 6.45. The van der Waals surface area contributed by atoms with Crippen LogP contribution in [0.3, 0.4) is 0 Å². The number of allylic oxidation sites excluding steroid dienone is 1. The maximum Gasteiger partial charge on any atom is 0.189 e. The van der Waals surface area contributed by atoms with Crippen LogP contribution in [-0.2, 0) is 29.2 Å². The molecule has 1 fully saturated rings. The van der Waals surface area contributed by atoms with Gasteiger partial charge in [0.25, 0.3) is 0 Å². The summed E-state index contributed by atoms with van der Waals surface area (Å²) >= 11 is 5.95. The van der Waals surface area contributed by atoms with Crippen molar-refractivity contribution in [1.29, 1.82) is 0 Å². The molecule has 35 heavy (non-hydrogen) atoms. The van der Waals surface area contributed by atoms with Gasteiger partial charge in [-0.05, 0) is 63.1 Å². The van der Waals surface area contributed by atoms with E-state index in [4.69, 9.17) is 21.1 Å². The molecule has 2 aliphatic rings. The van der Waals surface area contributed by atoms with Crippen molar-refractivity contribution in [2.45, 2.75) is 42.4 Å². The Morgan fingerprint density at radius 3 is 2.40 bits per heavy atom. The minimum atomic E-state index is -4.35. The van der Waals surface area contributed by atoms with Crippen molar-refractivity contribution in [3.8, 4) is 5.75 Å². The van der Waals surface area contributed by atoms with Crippen LogP contribution in [0.5, 0.6) is 5.75 Å². The molecule has 1 saturated heterocycles. The summed E-state index contributed by atoms with van der Waals surface area (Å²) in [5.74, 6) is -3.52. The van der Waals surface area contributed by atoms with Crippen LogP contribution in [0, 0.1) is 17.6 Å². The molecule has 2 aromatic carbocycles. The Labute approximate surface area is 208 Å². The molecular formula is C24H25ClF2O6S2. The van der Waals surface area contributed by atoms with Crippen LogP contribution in [0.4, 0.5) is 8.78 Å². The molecule has 2 heterocycles. The van der Waals surface area contributed by atoms with Crippen LogP contribution in [0.2, 0.25) is 5.02 Å². The minimum absolute atomic E-state index is 0.0374. The van der Waals surface area contributed by atoms with E-state index in [1.165, 1.54) is 24.3 Å². The van der Waals surface area contributed by atoms with Gasteiger partial charge in [-0.2, -0.15) is 0 Å². The number of benzene rings is 2. The average Bonchev–Trinajstić information content (AvgIpc) is 2.79. The summed E-state index contributed by atoms with van der Waals surface area (Å²) in [5, 5.41) is 1.46. The largest absolute Gasteiger partial charge is 0.490 e. The first-order valence-corrected chi connectivity index (χ1v) is 14.6. The molecule has 0 aromatic heterocycles. The van der Waals surface area contributed by atoms with Crippen molar-refractivity contribution >= 4 is 31.3 Å². The summed E-state index contributed by atoms with van der Waals surface area (Å²) in [7, 11) is -7.93.